The van der Waals surface area contributed by atoms with Gasteiger partial charge in [0.1, 0.15) is 30.1 Å². The fraction of sp³-hybridized carbons (Fsp3) is 0.440. The van der Waals surface area contributed by atoms with E-state index < -0.39 is 24.0 Å². The first-order valence-electron chi connectivity index (χ1n) is 11.7. The number of rotatable bonds is 10. The molecule has 0 fully saturated rings. The topological polar surface area (TPSA) is 122 Å². The largest absolute Gasteiger partial charge is 0.476 e. The van der Waals surface area contributed by atoms with Crippen LogP contribution in [0, 0.1) is 6.92 Å². The molecule has 0 aliphatic rings. The number of aryl methyl sites for hydroxylation is 1. The third-order valence-corrected chi connectivity index (χ3v) is 6.03. The molecule has 0 aliphatic carbocycles. The molecule has 0 aliphatic heterocycles. The van der Waals surface area contributed by atoms with Crippen LogP contribution in [0.4, 0.5) is 15.7 Å². The molecule has 11 heteroatoms. The highest BCUT2D eigenvalue weighted by Gasteiger charge is 2.26. The summed E-state index contributed by atoms with van der Waals surface area (Å²) >= 11 is 1.53. The number of likely N-dealkylation sites (N-methyl/N-ethyl adjacent to an activating group) is 1. The molecule has 3 aromatic rings. The predicted molar refractivity (Wildman–Crippen MR) is 141 cm³/mol. The Labute approximate surface area is 215 Å². The Bertz CT molecular complexity index is 1140. The Hall–Kier alpha value is -3.28. The molecule has 0 saturated heterocycles. The summed E-state index contributed by atoms with van der Waals surface area (Å²) in [5.41, 5.74) is 0.497. The van der Waals surface area contributed by atoms with Crippen molar-refractivity contribution in [2.24, 2.45) is 0 Å². The van der Waals surface area contributed by atoms with Gasteiger partial charge >= 0.3 is 6.09 Å². The molecule has 0 saturated carbocycles. The first-order valence-corrected chi connectivity index (χ1v) is 12.5. The molecule has 3 rings (SSSR count). The lowest BCUT2D eigenvalue weighted by atomic mass is 10.2. The van der Waals surface area contributed by atoms with E-state index in [1.54, 1.807) is 47.7 Å². The highest BCUT2D eigenvalue weighted by molar-refractivity contribution is 7.18. The number of nitrogens with zero attached hydrogens (tertiary/aromatic N) is 4. The van der Waals surface area contributed by atoms with Gasteiger partial charge in [0.05, 0.1) is 10.9 Å². The molecule has 0 bridgehead atoms. The molecule has 0 radical (unpaired) electrons. The van der Waals surface area contributed by atoms with Crippen LogP contribution in [0.1, 0.15) is 33.5 Å². The number of aromatic nitrogens is 3. The SMILES string of the molecule is Cc1nc(Nc2ncc(-c3ccccc3)s2)cc(OCCN[C@@H](O)[C@H](C)N(C)C(=O)OC(C)(C)C)n1. The van der Waals surface area contributed by atoms with Crippen LogP contribution >= 0.6 is 11.3 Å². The standard InChI is InChI=1S/C25H34N6O4S/c1-16(31(6)24(33)35-25(3,4)5)22(32)26-12-13-34-21-14-20(28-17(2)29-21)30-23-27-15-19(36-23)18-10-8-7-9-11-18/h7-11,14-16,22,26,32H,12-13H2,1-6H3,(H,27,28,29,30)/t16-,22-/m0/s1. The summed E-state index contributed by atoms with van der Waals surface area (Å²) in [6.07, 6.45) is 0.366. The highest BCUT2D eigenvalue weighted by atomic mass is 32.1. The summed E-state index contributed by atoms with van der Waals surface area (Å²) in [6.45, 7) is 9.50. The van der Waals surface area contributed by atoms with Crippen LogP contribution in [0.5, 0.6) is 5.88 Å². The number of nitrogens with one attached hydrogen (secondary N) is 2. The quantitative estimate of drug-likeness (QED) is 0.270. The van der Waals surface area contributed by atoms with E-state index in [0.29, 0.717) is 29.2 Å². The summed E-state index contributed by atoms with van der Waals surface area (Å²) in [4.78, 5) is 27.8. The fourth-order valence-corrected chi connectivity index (χ4v) is 3.93. The van der Waals surface area contributed by atoms with Crippen molar-refractivity contribution in [2.45, 2.75) is 52.5 Å². The van der Waals surface area contributed by atoms with Gasteiger partial charge in [-0.05, 0) is 40.2 Å². The Kier molecular flexibility index (Phi) is 9.19. The van der Waals surface area contributed by atoms with Crippen LogP contribution in [0.3, 0.4) is 0 Å². The van der Waals surface area contributed by atoms with Crippen molar-refractivity contribution in [3.05, 3.63) is 48.4 Å². The minimum Gasteiger partial charge on any atom is -0.476 e. The van der Waals surface area contributed by atoms with Crippen molar-refractivity contribution in [3.63, 3.8) is 0 Å². The molecular formula is C25H34N6O4S. The maximum atomic E-state index is 12.2. The van der Waals surface area contributed by atoms with Crippen molar-refractivity contribution < 1.29 is 19.4 Å². The minimum absolute atomic E-state index is 0.255. The van der Waals surface area contributed by atoms with Crippen LogP contribution in [-0.2, 0) is 4.74 Å². The second-order valence-electron chi connectivity index (χ2n) is 9.24. The van der Waals surface area contributed by atoms with Gasteiger partial charge in [-0.15, -0.1) is 0 Å². The maximum Gasteiger partial charge on any atom is 0.410 e. The molecule has 1 amide bonds. The van der Waals surface area contributed by atoms with Gasteiger partial charge in [-0.2, -0.15) is 4.98 Å². The van der Waals surface area contributed by atoms with Crippen LogP contribution in [0.15, 0.2) is 42.6 Å². The number of carbonyl (C=O) groups is 1. The zero-order chi connectivity index (χ0) is 26.3. The van der Waals surface area contributed by atoms with Gasteiger partial charge in [-0.1, -0.05) is 41.7 Å². The average molecular weight is 515 g/mol. The number of aliphatic hydroxyl groups is 1. The van der Waals surface area contributed by atoms with Gasteiger partial charge < -0.3 is 24.8 Å². The molecule has 10 nitrogen and oxygen atoms in total. The summed E-state index contributed by atoms with van der Waals surface area (Å²) in [5, 5.41) is 17.3. The third-order valence-electron chi connectivity index (χ3n) is 5.07. The normalized spacial score (nSPS) is 13.1. The number of thiazole rings is 1. The van der Waals surface area contributed by atoms with Crippen molar-refractivity contribution >= 4 is 28.4 Å². The molecule has 2 atom stereocenters. The monoisotopic (exact) mass is 514 g/mol. The molecular weight excluding hydrogens is 480 g/mol. The van der Waals surface area contributed by atoms with E-state index in [0.717, 1.165) is 10.4 Å². The van der Waals surface area contributed by atoms with E-state index in [-0.39, 0.29) is 6.61 Å². The van der Waals surface area contributed by atoms with Crippen molar-refractivity contribution in [3.8, 4) is 16.3 Å². The van der Waals surface area contributed by atoms with Crippen molar-refractivity contribution in [2.75, 3.05) is 25.5 Å². The number of benzene rings is 1. The minimum atomic E-state index is -0.959. The molecule has 0 unspecified atom stereocenters. The predicted octanol–water partition coefficient (Wildman–Crippen LogP) is 4.19. The Balaban J connectivity index is 1.49. The van der Waals surface area contributed by atoms with E-state index in [4.69, 9.17) is 9.47 Å². The van der Waals surface area contributed by atoms with E-state index >= 15 is 0 Å². The van der Waals surface area contributed by atoms with E-state index in [1.165, 1.54) is 16.2 Å². The van der Waals surface area contributed by atoms with Crippen LogP contribution in [0.2, 0.25) is 0 Å². The van der Waals surface area contributed by atoms with Crippen molar-refractivity contribution in [1.29, 1.82) is 0 Å². The van der Waals surface area contributed by atoms with Gasteiger partial charge in [0, 0.05) is 25.9 Å². The molecule has 0 spiro atoms. The third kappa shape index (κ3) is 8.14. The smallest absolute Gasteiger partial charge is 0.410 e. The van der Waals surface area contributed by atoms with Gasteiger partial charge in [-0.3, -0.25) is 5.32 Å². The number of amides is 1. The number of aliphatic hydroxyl groups excluding tert-OH is 1. The highest BCUT2D eigenvalue weighted by Crippen LogP contribution is 2.30. The Morgan fingerprint density at radius 1 is 1.22 bits per heavy atom. The number of anilines is 2. The van der Waals surface area contributed by atoms with Gasteiger partial charge in [0.25, 0.3) is 0 Å². The lowest BCUT2D eigenvalue weighted by Gasteiger charge is -2.31. The number of carbonyl (C=O) groups excluding carboxylic acids is 1. The summed E-state index contributed by atoms with van der Waals surface area (Å²) in [6, 6.07) is 11.2. The summed E-state index contributed by atoms with van der Waals surface area (Å²) < 4.78 is 11.1. The van der Waals surface area contributed by atoms with Crippen molar-refractivity contribution in [1.82, 2.24) is 25.2 Å². The van der Waals surface area contributed by atoms with E-state index in [9.17, 15) is 9.90 Å². The van der Waals surface area contributed by atoms with E-state index in [2.05, 4.69) is 25.6 Å². The molecule has 3 N–H and O–H groups in total. The zero-order valence-electron chi connectivity index (χ0n) is 21.5. The van der Waals surface area contributed by atoms with E-state index in [1.807, 2.05) is 36.5 Å². The fourth-order valence-electron chi connectivity index (χ4n) is 3.10. The van der Waals surface area contributed by atoms with Crippen LogP contribution < -0.4 is 15.4 Å². The summed E-state index contributed by atoms with van der Waals surface area (Å²) in [5.74, 6) is 1.53. The number of ether oxygens (including phenoxy) is 2. The number of hydrogen-bond donors (Lipinski definition) is 3. The first-order chi connectivity index (χ1) is 17.0. The Morgan fingerprint density at radius 3 is 2.64 bits per heavy atom. The second kappa shape index (κ2) is 12.1. The zero-order valence-corrected chi connectivity index (χ0v) is 22.3. The Morgan fingerprint density at radius 2 is 1.94 bits per heavy atom. The molecule has 194 valence electrons. The average Bonchev–Trinajstić information content (AvgIpc) is 3.28. The summed E-state index contributed by atoms with van der Waals surface area (Å²) in [7, 11) is 1.59. The van der Waals surface area contributed by atoms with Crippen LogP contribution in [-0.4, -0.2) is 69.1 Å². The molecule has 2 heterocycles. The maximum absolute atomic E-state index is 12.2. The van der Waals surface area contributed by atoms with Gasteiger partial charge in [0.2, 0.25) is 5.88 Å². The molecule has 1 aromatic carbocycles. The first kappa shape index (κ1) is 27.3. The van der Waals surface area contributed by atoms with Crippen LogP contribution in [0.25, 0.3) is 10.4 Å². The number of hydrogen-bond acceptors (Lipinski definition) is 10. The lowest BCUT2D eigenvalue weighted by Crippen LogP contribution is -2.50. The van der Waals surface area contributed by atoms with Gasteiger partial charge in [-0.25, -0.2) is 14.8 Å². The molecule has 2 aromatic heterocycles. The lowest BCUT2D eigenvalue weighted by molar-refractivity contribution is -0.00165. The molecule has 36 heavy (non-hydrogen) atoms. The van der Waals surface area contributed by atoms with Gasteiger partial charge in [0.15, 0.2) is 5.13 Å². The second-order valence-corrected chi connectivity index (χ2v) is 10.3.